The van der Waals surface area contributed by atoms with Gasteiger partial charge in [0.25, 0.3) is 0 Å². The number of nitrogens with one attached hydrogen (secondary N) is 1. The van der Waals surface area contributed by atoms with Crippen LogP contribution >= 0.6 is 22.6 Å². The van der Waals surface area contributed by atoms with E-state index in [0.29, 0.717) is 6.54 Å². The summed E-state index contributed by atoms with van der Waals surface area (Å²) >= 11 is 2.23. The quantitative estimate of drug-likeness (QED) is 0.817. The summed E-state index contributed by atoms with van der Waals surface area (Å²) in [5.41, 5.74) is 7.54. The number of halogens is 1. The van der Waals surface area contributed by atoms with Gasteiger partial charge in [-0.3, -0.25) is 4.79 Å². The summed E-state index contributed by atoms with van der Waals surface area (Å²) in [7, 11) is 0. The van der Waals surface area contributed by atoms with E-state index < -0.39 is 0 Å². The Hall–Kier alpha value is -0.620. The lowest BCUT2D eigenvalue weighted by molar-refractivity contribution is -0.117. The van der Waals surface area contributed by atoms with Gasteiger partial charge in [-0.25, -0.2) is 0 Å². The van der Waals surface area contributed by atoms with E-state index in [4.69, 9.17) is 5.73 Å². The summed E-state index contributed by atoms with van der Waals surface area (Å²) in [6, 6.07) is 5.96. The second kappa shape index (κ2) is 3.86. The summed E-state index contributed by atoms with van der Waals surface area (Å²) in [5.74, 6) is 0.0271. The van der Waals surface area contributed by atoms with Gasteiger partial charge in [0, 0.05) is 3.57 Å². The zero-order chi connectivity index (χ0) is 10.1. The van der Waals surface area contributed by atoms with Crippen LogP contribution in [0.4, 0.5) is 5.69 Å². The van der Waals surface area contributed by atoms with Crippen LogP contribution in [0.5, 0.6) is 0 Å². The molecule has 1 heterocycles. The number of fused-ring (bicyclic) bond motifs is 1. The molecule has 3 N–H and O–H groups in total. The molecule has 14 heavy (non-hydrogen) atoms. The van der Waals surface area contributed by atoms with Crippen molar-refractivity contribution in [3.8, 4) is 0 Å². The predicted molar refractivity (Wildman–Crippen MR) is 64.2 cm³/mol. The first-order valence-electron chi connectivity index (χ1n) is 4.53. The molecule has 0 saturated heterocycles. The number of nitrogens with two attached hydrogens (primary N) is 1. The van der Waals surface area contributed by atoms with E-state index in [1.165, 1.54) is 0 Å². The number of benzene rings is 1. The SMILES string of the molecule is NCCC1C(=O)Nc2c(I)cccc21. The van der Waals surface area contributed by atoms with Gasteiger partial charge in [-0.2, -0.15) is 0 Å². The van der Waals surface area contributed by atoms with Crippen molar-refractivity contribution in [3.63, 3.8) is 0 Å². The number of carbonyl (C=O) groups is 1. The first-order chi connectivity index (χ1) is 6.74. The number of rotatable bonds is 2. The van der Waals surface area contributed by atoms with Gasteiger partial charge >= 0.3 is 0 Å². The Morgan fingerprint density at radius 1 is 1.50 bits per heavy atom. The Morgan fingerprint density at radius 3 is 3.00 bits per heavy atom. The Labute approximate surface area is 96.2 Å². The van der Waals surface area contributed by atoms with Gasteiger partial charge in [0.1, 0.15) is 0 Å². The van der Waals surface area contributed by atoms with E-state index in [2.05, 4.69) is 27.9 Å². The van der Waals surface area contributed by atoms with Crippen molar-refractivity contribution >= 4 is 34.2 Å². The number of para-hydroxylation sites is 1. The molecule has 4 heteroatoms. The topological polar surface area (TPSA) is 55.1 Å². The van der Waals surface area contributed by atoms with Crippen LogP contribution < -0.4 is 11.1 Å². The first kappa shape index (κ1) is 9.92. The van der Waals surface area contributed by atoms with Crippen molar-refractivity contribution in [3.05, 3.63) is 27.3 Å². The standard InChI is InChI=1S/C10H11IN2O/c11-8-3-1-2-6-7(4-5-12)10(14)13-9(6)8/h1-3,7H,4-5,12H2,(H,13,14). The molecule has 1 amide bonds. The molecule has 1 atom stereocenters. The number of hydrogen-bond donors (Lipinski definition) is 2. The molecule has 3 nitrogen and oxygen atoms in total. The average molecular weight is 302 g/mol. The van der Waals surface area contributed by atoms with Crippen LogP contribution in [0.25, 0.3) is 0 Å². The monoisotopic (exact) mass is 302 g/mol. The zero-order valence-electron chi connectivity index (χ0n) is 7.59. The fraction of sp³-hybridized carbons (Fsp3) is 0.300. The molecule has 1 aliphatic heterocycles. The molecule has 2 rings (SSSR count). The fourth-order valence-corrected chi connectivity index (χ4v) is 2.42. The fourth-order valence-electron chi connectivity index (χ4n) is 1.77. The third-order valence-electron chi connectivity index (χ3n) is 2.44. The molecule has 0 saturated carbocycles. The number of carbonyl (C=O) groups excluding carboxylic acids is 1. The Bertz CT molecular complexity index is 378. The summed E-state index contributed by atoms with van der Waals surface area (Å²) in [6.45, 7) is 0.545. The minimum atomic E-state index is -0.0512. The van der Waals surface area contributed by atoms with Crippen molar-refractivity contribution in [1.29, 1.82) is 0 Å². The molecule has 0 aliphatic carbocycles. The maximum absolute atomic E-state index is 11.6. The third kappa shape index (κ3) is 1.52. The molecule has 1 aromatic rings. The second-order valence-corrected chi connectivity index (χ2v) is 4.49. The van der Waals surface area contributed by atoms with Crippen LogP contribution in [0.3, 0.4) is 0 Å². The summed E-state index contributed by atoms with van der Waals surface area (Å²) in [4.78, 5) is 11.6. The highest BCUT2D eigenvalue weighted by atomic mass is 127. The Balaban J connectivity index is 2.42. The molecule has 0 spiro atoms. The molecule has 0 bridgehead atoms. The molecular weight excluding hydrogens is 291 g/mol. The van der Waals surface area contributed by atoms with Crippen molar-refractivity contribution in [2.75, 3.05) is 11.9 Å². The van der Waals surface area contributed by atoms with E-state index in [1.54, 1.807) is 0 Å². The molecule has 0 fully saturated rings. The van der Waals surface area contributed by atoms with Gasteiger partial charge in [0.05, 0.1) is 11.6 Å². The largest absolute Gasteiger partial charge is 0.330 e. The smallest absolute Gasteiger partial charge is 0.232 e. The van der Waals surface area contributed by atoms with Crippen molar-refractivity contribution in [2.24, 2.45) is 5.73 Å². The van der Waals surface area contributed by atoms with Gasteiger partial charge in [-0.15, -0.1) is 0 Å². The number of amides is 1. The van der Waals surface area contributed by atoms with Crippen LogP contribution in [0.2, 0.25) is 0 Å². The molecule has 1 aliphatic rings. The van der Waals surface area contributed by atoms with Gasteiger partial charge in [-0.05, 0) is 47.2 Å². The number of anilines is 1. The second-order valence-electron chi connectivity index (χ2n) is 3.32. The highest BCUT2D eigenvalue weighted by Crippen LogP contribution is 2.37. The summed E-state index contributed by atoms with van der Waals surface area (Å²) in [5, 5.41) is 2.90. The summed E-state index contributed by atoms with van der Waals surface area (Å²) < 4.78 is 1.09. The van der Waals surface area contributed by atoms with Gasteiger partial charge in [0.15, 0.2) is 0 Å². The maximum atomic E-state index is 11.6. The van der Waals surface area contributed by atoms with Crippen molar-refractivity contribution in [1.82, 2.24) is 0 Å². The van der Waals surface area contributed by atoms with Crippen LogP contribution in [0.1, 0.15) is 17.9 Å². The van der Waals surface area contributed by atoms with E-state index in [0.717, 1.165) is 21.2 Å². The van der Waals surface area contributed by atoms with Crippen LogP contribution in [-0.4, -0.2) is 12.5 Å². The van der Waals surface area contributed by atoms with E-state index in [9.17, 15) is 4.79 Å². The lowest BCUT2D eigenvalue weighted by Crippen LogP contribution is -2.15. The van der Waals surface area contributed by atoms with Gasteiger partial charge in [0.2, 0.25) is 5.91 Å². The van der Waals surface area contributed by atoms with Crippen LogP contribution in [-0.2, 0) is 4.79 Å². The molecule has 74 valence electrons. The zero-order valence-corrected chi connectivity index (χ0v) is 9.74. The molecular formula is C10H11IN2O. The normalized spacial score (nSPS) is 19.3. The third-order valence-corrected chi connectivity index (χ3v) is 3.34. The molecule has 1 unspecified atom stereocenters. The van der Waals surface area contributed by atoms with E-state index in [-0.39, 0.29) is 11.8 Å². The summed E-state index contributed by atoms with van der Waals surface area (Å²) in [6.07, 6.45) is 0.721. The molecule has 0 aromatic heterocycles. The van der Waals surface area contributed by atoms with Gasteiger partial charge < -0.3 is 11.1 Å². The Morgan fingerprint density at radius 2 is 2.29 bits per heavy atom. The molecule has 0 radical (unpaired) electrons. The Kier molecular flexibility index (Phi) is 2.73. The number of hydrogen-bond acceptors (Lipinski definition) is 2. The van der Waals surface area contributed by atoms with Gasteiger partial charge in [-0.1, -0.05) is 12.1 Å². The van der Waals surface area contributed by atoms with Crippen molar-refractivity contribution in [2.45, 2.75) is 12.3 Å². The average Bonchev–Trinajstić information content (AvgIpc) is 2.47. The van der Waals surface area contributed by atoms with Crippen molar-refractivity contribution < 1.29 is 4.79 Å². The lowest BCUT2D eigenvalue weighted by Gasteiger charge is -2.06. The lowest BCUT2D eigenvalue weighted by atomic mass is 9.97. The maximum Gasteiger partial charge on any atom is 0.232 e. The van der Waals surface area contributed by atoms with E-state index >= 15 is 0 Å². The van der Waals surface area contributed by atoms with Crippen LogP contribution in [0.15, 0.2) is 18.2 Å². The van der Waals surface area contributed by atoms with E-state index in [1.807, 2.05) is 18.2 Å². The van der Waals surface area contributed by atoms with Crippen LogP contribution in [0, 0.1) is 3.57 Å². The predicted octanol–water partition coefficient (Wildman–Crippen LogP) is 1.68. The minimum absolute atomic E-state index is 0.0512. The molecule has 1 aromatic carbocycles. The minimum Gasteiger partial charge on any atom is -0.330 e. The highest BCUT2D eigenvalue weighted by Gasteiger charge is 2.30. The highest BCUT2D eigenvalue weighted by molar-refractivity contribution is 14.1. The first-order valence-corrected chi connectivity index (χ1v) is 5.61.